The first-order valence-electron chi connectivity index (χ1n) is 5.77. The summed E-state index contributed by atoms with van der Waals surface area (Å²) in [6.45, 7) is 0.336. The van der Waals surface area contributed by atoms with Crippen LogP contribution in [0.15, 0.2) is 18.2 Å². The predicted octanol–water partition coefficient (Wildman–Crippen LogP) is 0.386. The fraction of sp³-hybridized carbons (Fsp3) is 0.455. The topological polar surface area (TPSA) is 88.1 Å². The summed E-state index contributed by atoms with van der Waals surface area (Å²) in [5.41, 5.74) is 0.403. The lowest BCUT2D eigenvalue weighted by Crippen LogP contribution is -2.33. The van der Waals surface area contributed by atoms with Gasteiger partial charge in [-0.2, -0.15) is 12.7 Å². The van der Waals surface area contributed by atoms with Crippen LogP contribution in [0.3, 0.4) is 0 Å². The third-order valence-electron chi connectivity index (χ3n) is 2.66. The van der Waals surface area contributed by atoms with Gasteiger partial charge in [0.2, 0.25) is 6.79 Å². The summed E-state index contributed by atoms with van der Waals surface area (Å²) in [6, 6.07) is 4.82. The second-order valence-electron chi connectivity index (χ2n) is 4.07. The van der Waals surface area contributed by atoms with Crippen LogP contribution in [0.4, 0.5) is 5.69 Å². The molecule has 7 nitrogen and oxygen atoms in total. The van der Waals surface area contributed by atoms with Crippen LogP contribution in [0.1, 0.15) is 6.42 Å². The fourth-order valence-electron chi connectivity index (χ4n) is 1.60. The highest BCUT2D eigenvalue weighted by Gasteiger charge is 2.19. The number of aliphatic hydroxyl groups is 1. The molecule has 0 fully saturated rings. The minimum atomic E-state index is -3.63. The first-order chi connectivity index (χ1) is 9.03. The Bertz CT molecular complexity index is 546. The van der Waals surface area contributed by atoms with Gasteiger partial charge in [0, 0.05) is 26.3 Å². The van der Waals surface area contributed by atoms with Crippen molar-refractivity contribution >= 4 is 15.9 Å². The molecule has 0 saturated heterocycles. The molecule has 1 heterocycles. The number of fused-ring (bicyclic) bond motifs is 1. The van der Waals surface area contributed by atoms with Gasteiger partial charge in [-0.25, -0.2) is 0 Å². The van der Waals surface area contributed by atoms with Crippen LogP contribution >= 0.6 is 0 Å². The van der Waals surface area contributed by atoms with E-state index in [0.29, 0.717) is 23.6 Å². The molecular formula is C11H16N2O5S. The van der Waals surface area contributed by atoms with Crippen LogP contribution in [-0.4, -0.2) is 44.8 Å². The lowest BCUT2D eigenvalue weighted by atomic mass is 10.3. The Morgan fingerprint density at radius 3 is 2.84 bits per heavy atom. The Labute approximate surface area is 111 Å². The van der Waals surface area contributed by atoms with E-state index in [1.54, 1.807) is 18.2 Å². The van der Waals surface area contributed by atoms with E-state index in [9.17, 15) is 8.42 Å². The number of rotatable bonds is 6. The standard InChI is InChI=1S/C11H16N2O5S/c1-13(5-2-6-14)19(15,16)12-9-3-4-10-11(7-9)18-8-17-10/h3-4,7,12,14H,2,5-6,8H2,1H3. The van der Waals surface area contributed by atoms with Gasteiger partial charge in [-0.3, -0.25) is 4.72 Å². The molecule has 2 rings (SSSR count). The molecule has 2 N–H and O–H groups in total. The van der Waals surface area contributed by atoms with Crippen molar-refractivity contribution in [1.29, 1.82) is 0 Å². The van der Waals surface area contributed by atoms with Gasteiger partial charge in [0.25, 0.3) is 0 Å². The lowest BCUT2D eigenvalue weighted by Gasteiger charge is -2.17. The minimum absolute atomic E-state index is 0.0517. The largest absolute Gasteiger partial charge is 0.454 e. The number of hydrogen-bond acceptors (Lipinski definition) is 5. The first kappa shape index (κ1) is 13.9. The molecule has 8 heteroatoms. The molecule has 1 aromatic rings. The summed E-state index contributed by atoms with van der Waals surface area (Å²) in [5.74, 6) is 1.11. The average molecular weight is 288 g/mol. The Morgan fingerprint density at radius 1 is 1.37 bits per heavy atom. The van der Waals surface area contributed by atoms with Gasteiger partial charge in [0.05, 0.1) is 5.69 Å². The third kappa shape index (κ3) is 3.28. The van der Waals surface area contributed by atoms with Crippen LogP contribution in [0.2, 0.25) is 0 Å². The molecule has 0 aromatic heterocycles. The highest BCUT2D eigenvalue weighted by atomic mass is 32.2. The van der Waals surface area contributed by atoms with Crippen LogP contribution < -0.4 is 14.2 Å². The lowest BCUT2D eigenvalue weighted by molar-refractivity contribution is 0.174. The van der Waals surface area contributed by atoms with Crippen molar-refractivity contribution in [1.82, 2.24) is 4.31 Å². The molecule has 0 saturated carbocycles. The van der Waals surface area contributed by atoms with Gasteiger partial charge < -0.3 is 14.6 Å². The van der Waals surface area contributed by atoms with E-state index in [0.717, 1.165) is 4.31 Å². The van der Waals surface area contributed by atoms with E-state index in [4.69, 9.17) is 14.6 Å². The van der Waals surface area contributed by atoms with Gasteiger partial charge in [-0.15, -0.1) is 0 Å². The van der Waals surface area contributed by atoms with E-state index in [2.05, 4.69) is 4.72 Å². The summed E-state index contributed by atoms with van der Waals surface area (Å²) >= 11 is 0. The molecule has 0 radical (unpaired) electrons. The third-order valence-corrected chi connectivity index (χ3v) is 4.16. The monoisotopic (exact) mass is 288 g/mol. The zero-order valence-corrected chi connectivity index (χ0v) is 11.3. The smallest absolute Gasteiger partial charge is 0.301 e. The predicted molar refractivity (Wildman–Crippen MR) is 69.4 cm³/mol. The highest BCUT2D eigenvalue weighted by molar-refractivity contribution is 7.90. The van der Waals surface area contributed by atoms with Gasteiger partial charge >= 0.3 is 10.2 Å². The van der Waals surface area contributed by atoms with Crippen molar-refractivity contribution in [2.75, 3.05) is 31.7 Å². The Kier molecular flexibility index (Phi) is 4.13. The summed E-state index contributed by atoms with van der Waals surface area (Å²) in [4.78, 5) is 0. The molecule has 0 spiro atoms. The van der Waals surface area contributed by atoms with Crippen LogP contribution in [-0.2, 0) is 10.2 Å². The van der Waals surface area contributed by atoms with Crippen LogP contribution in [0, 0.1) is 0 Å². The van der Waals surface area contributed by atoms with E-state index in [-0.39, 0.29) is 19.9 Å². The SMILES string of the molecule is CN(CCCO)S(=O)(=O)Nc1ccc2c(c1)OCO2. The van der Waals surface area contributed by atoms with E-state index in [1.165, 1.54) is 7.05 Å². The fourth-order valence-corrected chi connectivity index (χ4v) is 2.55. The van der Waals surface area contributed by atoms with Gasteiger partial charge in [-0.1, -0.05) is 0 Å². The molecule has 0 unspecified atom stereocenters. The molecule has 1 aliphatic rings. The zero-order valence-electron chi connectivity index (χ0n) is 10.5. The molecule has 19 heavy (non-hydrogen) atoms. The van der Waals surface area contributed by atoms with Crippen molar-refractivity contribution in [3.63, 3.8) is 0 Å². The first-order valence-corrected chi connectivity index (χ1v) is 7.21. The number of nitrogens with zero attached hydrogens (tertiary/aromatic N) is 1. The van der Waals surface area contributed by atoms with E-state index in [1.807, 2.05) is 0 Å². The number of anilines is 1. The maximum atomic E-state index is 12.0. The highest BCUT2D eigenvalue weighted by Crippen LogP contribution is 2.34. The molecule has 0 aliphatic carbocycles. The van der Waals surface area contributed by atoms with Gasteiger partial charge in [-0.05, 0) is 18.6 Å². The molecule has 1 aliphatic heterocycles. The Hall–Kier alpha value is -1.51. The maximum absolute atomic E-state index is 12.0. The summed E-state index contributed by atoms with van der Waals surface area (Å²) in [6.07, 6.45) is 0.387. The summed E-state index contributed by atoms with van der Waals surface area (Å²) in [5, 5.41) is 8.70. The number of ether oxygens (including phenoxy) is 2. The molecule has 1 aromatic carbocycles. The summed E-state index contributed by atoms with van der Waals surface area (Å²) < 4.78 is 37.8. The van der Waals surface area contributed by atoms with E-state index < -0.39 is 10.2 Å². The van der Waals surface area contributed by atoms with Crippen LogP contribution in [0.25, 0.3) is 0 Å². The second-order valence-corrected chi connectivity index (χ2v) is 5.85. The minimum Gasteiger partial charge on any atom is -0.454 e. The van der Waals surface area contributed by atoms with Crippen molar-refractivity contribution in [2.24, 2.45) is 0 Å². The molecule has 0 atom stereocenters. The Morgan fingerprint density at radius 2 is 2.11 bits per heavy atom. The number of hydrogen-bond donors (Lipinski definition) is 2. The molecular weight excluding hydrogens is 272 g/mol. The number of benzene rings is 1. The van der Waals surface area contributed by atoms with Gasteiger partial charge in [0.1, 0.15) is 0 Å². The quantitative estimate of drug-likeness (QED) is 0.790. The zero-order chi connectivity index (χ0) is 13.9. The molecule has 0 bridgehead atoms. The van der Waals surface area contributed by atoms with Gasteiger partial charge in [0.15, 0.2) is 11.5 Å². The van der Waals surface area contributed by atoms with Crippen molar-refractivity contribution in [3.05, 3.63) is 18.2 Å². The maximum Gasteiger partial charge on any atom is 0.301 e. The molecule has 106 valence electrons. The Balaban J connectivity index is 2.07. The summed E-state index contributed by atoms with van der Waals surface area (Å²) in [7, 11) is -2.18. The number of nitrogens with one attached hydrogen (secondary N) is 1. The molecule has 0 amide bonds. The van der Waals surface area contributed by atoms with Crippen LogP contribution in [0.5, 0.6) is 11.5 Å². The second kappa shape index (κ2) is 5.64. The van der Waals surface area contributed by atoms with Crippen molar-refractivity contribution < 1.29 is 23.0 Å². The van der Waals surface area contributed by atoms with E-state index >= 15 is 0 Å². The number of aliphatic hydroxyl groups excluding tert-OH is 1. The normalized spacial score (nSPS) is 13.8. The van der Waals surface area contributed by atoms with Crippen molar-refractivity contribution in [3.8, 4) is 11.5 Å². The average Bonchev–Trinajstić information content (AvgIpc) is 2.82. The van der Waals surface area contributed by atoms with Crippen molar-refractivity contribution in [2.45, 2.75) is 6.42 Å².